The van der Waals surface area contributed by atoms with Gasteiger partial charge in [0.2, 0.25) is 0 Å². The summed E-state index contributed by atoms with van der Waals surface area (Å²) in [4.78, 5) is 22.4. The van der Waals surface area contributed by atoms with Crippen LogP contribution in [0, 0.1) is 25.1 Å². The summed E-state index contributed by atoms with van der Waals surface area (Å²) in [5.74, 6) is -0.747. The molecule has 0 amide bonds. The van der Waals surface area contributed by atoms with E-state index in [9.17, 15) is 14.3 Å². The number of carbonyl (C=O) groups is 1. The highest BCUT2D eigenvalue weighted by Gasteiger charge is 2.36. The van der Waals surface area contributed by atoms with Crippen molar-refractivity contribution < 1.29 is 23.8 Å². The van der Waals surface area contributed by atoms with E-state index < -0.39 is 17.7 Å². The second kappa shape index (κ2) is 12.7. The molecule has 0 spiro atoms. The molecule has 2 aromatic carbocycles. The molecule has 2 aliphatic heterocycles. The van der Waals surface area contributed by atoms with Crippen LogP contribution in [0.2, 0.25) is 0 Å². The number of piperidine rings is 1. The van der Waals surface area contributed by atoms with Crippen molar-refractivity contribution in [2.24, 2.45) is 5.41 Å². The number of hydrogen-bond donors (Lipinski definition) is 1. The number of ether oxygens (including phenoxy) is 2. The van der Waals surface area contributed by atoms with E-state index in [-0.39, 0.29) is 11.2 Å². The van der Waals surface area contributed by atoms with Crippen LogP contribution >= 0.6 is 0 Å². The van der Waals surface area contributed by atoms with Crippen LogP contribution in [0.15, 0.2) is 36.4 Å². The molecule has 0 saturated carbocycles. The van der Waals surface area contributed by atoms with Gasteiger partial charge in [-0.15, -0.1) is 0 Å². The number of fused-ring (bicyclic) bond motifs is 1. The van der Waals surface area contributed by atoms with Gasteiger partial charge in [0, 0.05) is 66.9 Å². The maximum Gasteiger partial charge on any atom is 0.337 e. The molecule has 1 fully saturated rings. The van der Waals surface area contributed by atoms with Crippen LogP contribution < -0.4 is 9.64 Å². The Morgan fingerprint density at radius 1 is 1.04 bits per heavy atom. The molecule has 3 heterocycles. The molecule has 45 heavy (non-hydrogen) atoms. The Bertz CT molecular complexity index is 1570. The molecule has 0 radical (unpaired) electrons. The molecule has 8 heteroatoms. The Kier molecular flexibility index (Phi) is 9.30. The summed E-state index contributed by atoms with van der Waals surface area (Å²) < 4.78 is 26.1. The molecule has 0 bridgehead atoms. The highest BCUT2D eigenvalue weighted by Crippen LogP contribution is 2.45. The summed E-state index contributed by atoms with van der Waals surface area (Å²) in [7, 11) is 1.54. The topological polar surface area (TPSA) is 75.1 Å². The van der Waals surface area contributed by atoms with Crippen molar-refractivity contribution in [3.05, 3.63) is 75.9 Å². The van der Waals surface area contributed by atoms with Gasteiger partial charge in [0.1, 0.15) is 11.6 Å². The highest BCUT2D eigenvalue weighted by molar-refractivity contribution is 5.88. The minimum Gasteiger partial charge on any atom is -0.497 e. The van der Waals surface area contributed by atoms with Crippen molar-refractivity contribution in [3.8, 4) is 16.9 Å². The van der Waals surface area contributed by atoms with Gasteiger partial charge in [-0.1, -0.05) is 38.1 Å². The molecule has 1 atom stereocenters. The van der Waals surface area contributed by atoms with E-state index in [1.54, 1.807) is 19.2 Å². The number of aromatic nitrogens is 1. The third kappa shape index (κ3) is 7.33. The van der Waals surface area contributed by atoms with E-state index >= 15 is 0 Å². The predicted octanol–water partition coefficient (Wildman–Crippen LogP) is 7.64. The molecule has 0 unspecified atom stereocenters. The molecule has 1 aromatic heterocycles. The fourth-order valence-electron chi connectivity index (χ4n) is 6.68. The van der Waals surface area contributed by atoms with Gasteiger partial charge in [-0.3, -0.25) is 9.88 Å². The summed E-state index contributed by atoms with van der Waals surface area (Å²) in [6.07, 6.45) is 1.72. The molecule has 0 aliphatic carbocycles. The Labute approximate surface area is 267 Å². The second-order valence-electron chi connectivity index (χ2n) is 14.4. The number of methoxy groups -OCH3 is 1. The molecule has 7 nitrogen and oxygen atoms in total. The third-order valence-electron chi connectivity index (χ3n) is 9.21. The quantitative estimate of drug-likeness (QED) is 0.278. The van der Waals surface area contributed by atoms with Crippen LogP contribution in [-0.2, 0) is 29.0 Å². The number of rotatable bonds is 8. The molecule has 2 aliphatic rings. The first-order chi connectivity index (χ1) is 21.2. The number of carboxylic acid groups (broad SMARTS) is 1. The number of benzene rings is 2. The largest absolute Gasteiger partial charge is 0.497 e. The first-order valence-corrected chi connectivity index (χ1v) is 16.0. The van der Waals surface area contributed by atoms with E-state index in [1.807, 2.05) is 34.6 Å². The maximum absolute atomic E-state index is 14.7. The molecule has 3 aromatic rings. The summed E-state index contributed by atoms with van der Waals surface area (Å²) in [5, 5.41) is 10.5. The van der Waals surface area contributed by atoms with Gasteiger partial charge in [-0.25, -0.2) is 9.18 Å². The number of hydrogen-bond acceptors (Lipinski definition) is 6. The molecule has 1 saturated heterocycles. The van der Waals surface area contributed by atoms with Gasteiger partial charge in [0.15, 0.2) is 6.10 Å². The molecular weight excluding hydrogens is 569 g/mol. The summed E-state index contributed by atoms with van der Waals surface area (Å²) in [6, 6.07) is 11.6. The minimum atomic E-state index is -1.15. The van der Waals surface area contributed by atoms with E-state index in [1.165, 1.54) is 17.2 Å². The van der Waals surface area contributed by atoms with Crippen molar-refractivity contribution in [1.29, 1.82) is 0 Å². The van der Waals surface area contributed by atoms with Crippen molar-refractivity contribution >= 4 is 11.7 Å². The lowest BCUT2D eigenvalue weighted by Gasteiger charge is -2.41. The van der Waals surface area contributed by atoms with Crippen molar-refractivity contribution in [1.82, 2.24) is 9.88 Å². The fourth-order valence-corrected chi connectivity index (χ4v) is 6.68. The summed E-state index contributed by atoms with van der Waals surface area (Å²) in [6.45, 7) is 17.9. The SMILES string of the molecule is COc1ccc(CN2CCc3cc(-c4c(C)nc(C)c([C@H](OC(C)(C)C)C(=O)O)c4N4CCC(C)(C)CC4)ccc3C2)c(F)c1. The van der Waals surface area contributed by atoms with Crippen LogP contribution in [0.25, 0.3) is 11.1 Å². The lowest BCUT2D eigenvalue weighted by atomic mass is 9.81. The Morgan fingerprint density at radius 3 is 2.38 bits per heavy atom. The van der Waals surface area contributed by atoms with E-state index in [4.69, 9.17) is 14.5 Å². The normalized spacial score (nSPS) is 17.6. The first kappa shape index (κ1) is 32.9. The monoisotopic (exact) mass is 617 g/mol. The Hall–Kier alpha value is -3.49. The van der Waals surface area contributed by atoms with Gasteiger partial charge < -0.3 is 19.5 Å². The van der Waals surface area contributed by atoms with Crippen LogP contribution in [0.5, 0.6) is 5.75 Å². The fraction of sp³-hybridized carbons (Fsp3) is 0.514. The lowest BCUT2D eigenvalue weighted by molar-refractivity contribution is -0.160. The number of pyridine rings is 1. The minimum absolute atomic E-state index is 0.231. The summed E-state index contributed by atoms with van der Waals surface area (Å²) >= 11 is 0. The maximum atomic E-state index is 14.7. The average molecular weight is 618 g/mol. The van der Waals surface area contributed by atoms with Crippen LogP contribution in [0.1, 0.15) is 87.2 Å². The van der Waals surface area contributed by atoms with Crippen LogP contribution in [0.3, 0.4) is 0 Å². The molecule has 1 N–H and O–H groups in total. The molecule has 242 valence electrons. The van der Waals surface area contributed by atoms with Gasteiger partial charge in [0.25, 0.3) is 0 Å². The zero-order valence-corrected chi connectivity index (χ0v) is 28.1. The number of aliphatic carboxylic acids is 1. The van der Waals surface area contributed by atoms with Crippen molar-refractivity contribution in [3.63, 3.8) is 0 Å². The smallest absolute Gasteiger partial charge is 0.337 e. The number of aryl methyl sites for hydroxylation is 2. The number of halogens is 1. The Balaban J connectivity index is 1.54. The third-order valence-corrected chi connectivity index (χ3v) is 9.21. The zero-order valence-electron chi connectivity index (χ0n) is 28.1. The summed E-state index contributed by atoms with van der Waals surface area (Å²) in [5.41, 5.74) is 7.86. The zero-order chi connectivity index (χ0) is 32.7. The number of nitrogens with zero attached hydrogens (tertiary/aromatic N) is 3. The Morgan fingerprint density at radius 2 is 1.76 bits per heavy atom. The highest BCUT2D eigenvalue weighted by atomic mass is 19.1. The lowest BCUT2D eigenvalue weighted by Crippen LogP contribution is -2.39. The number of anilines is 1. The van der Waals surface area contributed by atoms with Crippen molar-refractivity contribution in [2.75, 3.05) is 31.6 Å². The van der Waals surface area contributed by atoms with E-state index in [0.29, 0.717) is 29.1 Å². The van der Waals surface area contributed by atoms with Crippen LogP contribution in [-0.4, -0.2) is 53.3 Å². The standard InChI is InChI=1S/C37H48FN3O4/c1-23-31(26-9-10-27-21-40(16-13-25(27)19-26)22-28-11-12-29(44-8)20-30(28)38)33(41-17-14-37(6,7)15-18-41)32(24(2)39-23)34(35(42)43)45-36(3,4)5/h9-12,19-20,34H,13-18,21-22H2,1-8H3,(H,42,43)/t34-/m0/s1. The first-order valence-electron chi connectivity index (χ1n) is 16.0. The van der Waals surface area contributed by atoms with E-state index in [0.717, 1.165) is 67.9 Å². The average Bonchev–Trinajstić information content (AvgIpc) is 2.96. The van der Waals surface area contributed by atoms with Crippen LogP contribution in [0.4, 0.5) is 10.1 Å². The van der Waals surface area contributed by atoms with Gasteiger partial charge >= 0.3 is 5.97 Å². The van der Waals surface area contributed by atoms with Gasteiger partial charge in [-0.2, -0.15) is 0 Å². The van der Waals surface area contributed by atoms with Crippen molar-refractivity contribution in [2.45, 2.75) is 92.5 Å². The van der Waals surface area contributed by atoms with E-state index in [2.05, 4.69) is 41.8 Å². The number of carboxylic acids is 1. The predicted molar refractivity (Wildman–Crippen MR) is 176 cm³/mol. The molecule has 5 rings (SSSR count). The van der Waals surface area contributed by atoms with Gasteiger partial charge in [0.05, 0.1) is 18.4 Å². The molecular formula is C37H48FN3O4. The van der Waals surface area contributed by atoms with Gasteiger partial charge in [-0.05, 0) is 82.1 Å². The second-order valence-corrected chi connectivity index (χ2v) is 14.4.